The minimum atomic E-state index is -1.40. The monoisotopic (exact) mass is 373 g/mol. The van der Waals surface area contributed by atoms with Crippen molar-refractivity contribution >= 4 is 18.3 Å². The third-order valence-corrected chi connectivity index (χ3v) is 2.50. The van der Waals surface area contributed by atoms with Gasteiger partial charge in [-0.1, -0.05) is 0 Å². The summed E-state index contributed by atoms with van der Waals surface area (Å²) in [6, 6.07) is -2.71. The van der Waals surface area contributed by atoms with E-state index in [1.807, 2.05) is 5.32 Å². The lowest BCUT2D eigenvalue weighted by molar-refractivity contribution is -0.140. The number of aliphatic hydroxyl groups is 2. The number of carbonyl (C=O) groups is 3. The molecule has 0 radical (unpaired) electrons. The average molecular weight is 373 g/mol. The zero-order valence-electron chi connectivity index (χ0n) is 14.4. The molecule has 1 heterocycles. The van der Waals surface area contributed by atoms with Gasteiger partial charge in [-0.25, -0.2) is 9.59 Å². The van der Waals surface area contributed by atoms with E-state index in [9.17, 15) is 9.59 Å². The summed E-state index contributed by atoms with van der Waals surface area (Å²) in [5, 5.41) is 40.9. The van der Waals surface area contributed by atoms with Crippen molar-refractivity contribution in [3.8, 4) is 12.8 Å². The van der Waals surface area contributed by atoms with E-state index in [0.717, 1.165) is 6.29 Å². The van der Waals surface area contributed by atoms with Crippen molar-refractivity contribution in [1.29, 1.82) is 0 Å². The number of rotatable bonds is 8. The topological polar surface area (TPSA) is 187 Å². The molecule has 6 N–H and O–H groups in total. The molecule has 1 rings (SSSR count). The van der Waals surface area contributed by atoms with Crippen LogP contribution in [-0.2, 0) is 16.1 Å². The maximum Gasteiger partial charge on any atom is 0.328 e. The normalized spacial score (nSPS) is 11.5. The van der Waals surface area contributed by atoms with Crippen molar-refractivity contribution in [2.24, 2.45) is 0 Å². The third-order valence-electron chi connectivity index (χ3n) is 2.50. The van der Waals surface area contributed by atoms with E-state index in [4.69, 9.17) is 24.5 Å². The highest BCUT2D eigenvalue weighted by Crippen LogP contribution is 2.09. The molecule has 0 unspecified atom stereocenters. The van der Waals surface area contributed by atoms with Crippen LogP contribution in [0, 0.1) is 12.8 Å². The summed E-state index contributed by atoms with van der Waals surface area (Å²) in [6.07, 6.45) is 8.75. The molecule has 1 aromatic rings. The van der Waals surface area contributed by atoms with Crippen molar-refractivity contribution in [2.45, 2.75) is 25.6 Å². The molecular formula is C14H23N5O7. The van der Waals surface area contributed by atoms with Gasteiger partial charge < -0.3 is 40.5 Å². The summed E-state index contributed by atoms with van der Waals surface area (Å²) in [5.74, 6) is -1.10. The van der Waals surface area contributed by atoms with E-state index in [1.54, 1.807) is 7.05 Å². The second kappa shape index (κ2) is 15.5. The number of carbonyl (C=O) groups excluding carboxylic acids is 2. The Morgan fingerprint density at radius 2 is 1.85 bits per heavy atom. The van der Waals surface area contributed by atoms with Crippen LogP contribution in [-0.4, -0.2) is 70.1 Å². The van der Waals surface area contributed by atoms with E-state index in [-0.39, 0.29) is 24.9 Å². The highest BCUT2D eigenvalue weighted by Gasteiger charge is 2.19. The van der Waals surface area contributed by atoms with Crippen LogP contribution in [0.5, 0.6) is 0 Å². The number of amides is 2. The Bertz CT molecular complexity index is 557. The Balaban J connectivity index is 0. The molecule has 1 aromatic heterocycles. The summed E-state index contributed by atoms with van der Waals surface area (Å²) in [4.78, 5) is 30.8. The van der Waals surface area contributed by atoms with Crippen molar-refractivity contribution in [3.63, 3.8) is 0 Å². The Morgan fingerprint density at radius 3 is 2.27 bits per heavy atom. The maximum absolute atomic E-state index is 11.4. The number of hydrogen-bond acceptors (Lipinski definition) is 9. The summed E-state index contributed by atoms with van der Waals surface area (Å²) < 4.78 is 5.20. The molecule has 0 saturated carbocycles. The largest absolute Gasteiger partial charge is 0.480 e. The van der Waals surface area contributed by atoms with Gasteiger partial charge in [0.05, 0.1) is 19.8 Å². The fraction of sp³-hybridized carbons (Fsp3) is 0.500. The Labute approximate surface area is 150 Å². The number of nitrogens with one attached hydrogen (secondary N) is 3. The fourth-order valence-electron chi connectivity index (χ4n) is 1.32. The Morgan fingerprint density at radius 1 is 1.27 bits per heavy atom. The molecule has 26 heavy (non-hydrogen) atoms. The highest BCUT2D eigenvalue weighted by molar-refractivity contribution is 5.82. The van der Waals surface area contributed by atoms with Gasteiger partial charge in [-0.15, -0.1) is 23.0 Å². The number of aliphatic hydroxyl groups excluding tert-OH is 2. The zero-order chi connectivity index (χ0) is 20.5. The molecule has 0 fully saturated rings. The van der Waals surface area contributed by atoms with Crippen molar-refractivity contribution < 1.29 is 34.1 Å². The molecule has 0 aliphatic carbocycles. The molecule has 0 aromatic carbocycles. The first-order valence-corrected chi connectivity index (χ1v) is 7.14. The SMILES string of the molecule is C#C.CC=O.CN[C@@H](CO)c1nnc(CNC(=O)N[C@@H](CO)C(=O)O)o1. The van der Waals surface area contributed by atoms with E-state index in [2.05, 4.69) is 33.7 Å². The van der Waals surface area contributed by atoms with Gasteiger partial charge in [0.15, 0.2) is 6.04 Å². The maximum atomic E-state index is 11.4. The lowest BCUT2D eigenvalue weighted by atomic mass is 10.3. The molecular weight excluding hydrogens is 350 g/mol. The van der Waals surface area contributed by atoms with Crippen molar-refractivity contribution in [2.75, 3.05) is 20.3 Å². The minimum absolute atomic E-state index is 0.0877. The van der Waals surface area contributed by atoms with E-state index < -0.39 is 30.7 Å². The Kier molecular flexibility index (Phi) is 15.1. The number of terminal acetylenes is 1. The predicted molar refractivity (Wildman–Crippen MR) is 88.7 cm³/mol. The number of aldehydes is 1. The van der Waals surface area contributed by atoms with Gasteiger partial charge in [0.25, 0.3) is 0 Å². The minimum Gasteiger partial charge on any atom is -0.480 e. The van der Waals surface area contributed by atoms with Gasteiger partial charge in [0, 0.05) is 0 Å². The van der Waals surface area contributed by atoms with Gasteiger partial charge in [0.2, 0.25) is 11.8 Å². The van der Waals surface area contributed by atoms with Crippen LogP contribution < -0.4 is 16.0 Å². The fourth-order valence-corrected chi connectivity index (χ4v) is 1.32. The first-order chi connectivity index (χ1) is 12.4. The Hall–Kier alpha value is -3.01. The number of aromatic nitrogens is 2. The number of nitrogens with zero attached hydrogens (tertiary/aromatic N) is 2. The molecule has 12 nitrogen and oxygen atoms in total. The van der Waals surface area contributed by atoms with Crippen molar-refractivity contribution in [3.05, 3.63) is 11.8 Å². The quantitative estimate of drug-likeness (QED) is 0.220. The van der Waals surface area contributed by atoms with Crippen LogP contribution in [0.4, 0.5) is 4.79 Å². The molecule has 2 atom stereocenters. The number of likely N-dealkylation sites (N-methyl/N-ethyl adjacent to an activating group) is 1. The van der Waals surface area contributed by atoms with Crippen LogP contribution in [0.2, 0.25) is 0 Å². The predicted octanol–water partition coefficient (Wildman–Crippen LogP) is -1.98. The first kappa shape index (κ1) is 25.2. The van der Waals surface area contributed by atoms with Gasteiger partial charge in [-0.2, -0.15) is 0 Å². The molecule has 12 heteroatoms. The molecule has 0 saturated heterocycles. The lowest BCUT2D eigenvalue weighted by Crippen LogP contribution is -2.47. The van der Waals surface area contributed by atoms with Gasteiger partial charge in [-0.05, 0) is 14.0 Å². The van der Waals surface area contributed by atoms with Gasteiger partial charge in [-0.3, -0.25) is 0 Å². The smallest absolute Gasteiger partial charge is 0.328 e. The van der Waals surface area contributed by atoms with E-state index in [1.165, 1.54) is 6.92 Å². The summed E-state index contributed by atoms with van der Waals surface area (Å²) in [5.41, 5.74) is 0. The number of hydrogen-bond donors (Lipinski definition) is 6. The molecule has 0 bridgehead atoms. The highest BCUT2D eigenvalue weighted by atomic mass is 16.4. The van der Waals surface area contributed by atoms with Crippen LogP contribution in [0.15, 0.2) is 4.42 Å². The molecule has 2 amide bonds. The number of aliphatic carboxylic acids is 1. The standard InChI is InChI=1S/C10H17N5O6.C2H4O.C2H2/c1-11-5(3-16)8-15-14-7(21-8)2-12-10(20)13-6(4-17)9(18)19;1-2-3;1-2/h5-6,11,16-17H,2-4H2,1H3,(H,18,19)(H2,12,13,20);2H,1H3;1-2H/t5-,6-;;/m0../s1. The van der Waals surface area contributed by atoms with Gasteiger partial charge >= 0.3 is 12.0 Å². The second-order valence-corrected chi connectivity index (χ2v) is 4.19. The van der Waals surface area contributed by atoms with Crippen LogP contribution >= 0.6 is 0 Å². The van der Waals surface area contributed by atoms with Gasteiger partial charge in [0.1, 0.15) is 12.3 Å². The number of carboxylic acid groups (broad SMARTS) is 1. The average Bonchev–Trinajstić information content (AvgIpc) is 3.10. The van der Waals surface area contributed by atoms with E-state index in [0.29, 0.717) is 0 Å². The van der Waals surface area contributed by atoms with Crippen molar-refractivity contribution in [1.82, 2.24) is 26.1 Å². The van der Waals surface area contributed by atoms with Crippen LogP contribution in [0.25, 0.3) is 0 Å². The summed E-state index contributed by atoms with van der Waals surface area (Å²) in [6.45, 7) is 0.356. The number of carboxylic acids is 1. The second-order valence-electron chi connectivity index (χ2n) is 4.19. The van der Waals surface area contributed by atoms with Crippen LogP contribution in [0.3, 0.4) is 0 Å². The summed E-state index contributed by atoms with van der Waals surface area (Å²) in [7, 11) is 1.61. The molecule has 0 spiro atoms. The van der Waals surface area contributed by atoms with E-state index >= 15 is 0 Å². The number of urea groups is 1. The molecule has 0 aliphatic heterocycles. The zero-order valence-corrected chi connectivity index (χ0v) is 14.4. The van der Waals surface area contributed by atoms with Crippen LogP contribution in [0.1, 0.15) is 24.7 Å². The molecule has 146 valence electrons. The summed E-state index contributed by atoms with van der Waals surface area (Å²) >= 11 is 0. The third kappa shape index (κ3) is 9.98. The lowest BCUT2D eigenvalue weighted by Gasteiger charge is -2.11. The first-order valence-electron chi connectivity index (χ1n) is 7.14. The molecule has 0 aliphatic rings.